The van der Waals surface area contributed by atoms with E-state index < -0.39 is 0 Å². The van der Waals surface area contributed by atoms with Crippen LogP contribution in [-0.4, -0.2) is 53.1 Å². The molecule has 5 fully saturated rings. The molecule has 1 saturated heterocycles. The Balaban J connectivity index is 1.18. The van der Waals surface area contributed by atoms with Gasteiger partial charge in [0.05, 0.1) is 18.9 Å². The zero-order chi connectivity index (χ0) is 25.2. The lowest BCUT2D eigenvalue weighted by atomic mass is 9.53. The van der Waals surface area contributed by atoms with E-state index in [4.69, 9.17) is 9.15 Å². The lowest BCUT2D eigenvalue weighted by Gasteiger charge is -2.57. The summed E-state index contributed by atoms with van der Waals surface area (Å²) >= 11 is 0. The van der Waals surface area contributed by atoms with Crippen LogP contribution in [-0.2, 0) is 22.6 Å². The minimum absolute atomic E-state index is 0.0115. The van der Waals surface area contributed by atoms with Crippen molar-refractivity contribution in [2.24, 2.45) is 17.8 Å². The number of furan rings is 1. The molecule has 198 valence electrons. The molecule has 7 nitrogen and oxygen atoms in total. The molecule has 3 amide bonds. The summed E-state index contributed by atoms with van der Waals surface area (Å²) in [6, 6.07) is 13.6. The Morgan fingerprint density at radius 2 is 1.65 bits per heavy atom. The number of urea groups is 1. The van der Waals surface area contributed by atoms with Gasteiger partial charge in [-0.2, -0.15) is 0 Å². The lowest BCUT2D eigenvalue weighted by Crippen LogP contribution is -2.62. The molecule has 1 N–H and O–H groups in total. The van der Waals surface area contributed by atoms with Crippen LogP contribution in [0.5, 0.6) is 0 Å². The summed E-state index contributed by atoms with van der Waals surface area (Å²) < 4.78 is 11.5. The van der Waals surface area contributed by atoms with E-state index in [-0.39, 0.29) is 30.1 Å². The first-order valence-corrected chi connectivity index (χ1v) is 14.1. The molecule has 2 aromatic rings. The Morgan fingerprint density at radius 1 is 0.919 bits per heavy atom. The Morgan fingerprint density at radius 3 is 2.27 bits per heavy atom. The van der Waals surface area contributed by atoms with Crippen LogP contribution in [0.15, 0.2) is 53.1 Å². The third-order valence-corrected chi connectivity index (χ3v) is 8.97. The van der Waals surface area contributed by atoms with Gasteiger partial charge in [-0.05, 0) is 86.8 Å². The number of amides is 3. The predicted octanol–water partition coefficient (Wildman–Crippen LogP) is 4.97. The molecule has 2 heterocycles. The molecule has 0 radical (unpaired) electrons. The van der Waals surface area contributed by atoms with E-state index in [2.05, 4.69) is 5.32 Å². The molecule has 1 aliphatic heterocycles. The van der Waals surface area contributed by atoms with Gasteiger partial charge >= 0.3 is 6.03 Å². The highest BCUT2D eigenvalue weighted by atomic mass is 16.5. The van der Waals surface area contributed by atoms with Gasteiger partial charge in [-0.15, -0.1) is 0 Å². The SMILES string of the molecule is O=C(CN(CC1CCCO1)C(=O)NC12CC3CC(CC(C3)C1)C2)N(Cc1ccccc1)Cc1ccco1. The number of nitrogens with one attached hydrogen (secondary N) is 1. The van der Waals surface area contributed by atoms with Crippen LogP contribution < -0.4 is 5.32 Å². The van der Waals surface area contributed by atoms with Crippen LogP contribution in [0.2, 0.25) is 0 Å². The van der Waals surface area contributed by atoms with Crippen LogP contribution in [0.4, 0.5) is 4.79 Å². The van der Waals surface area contributed by atoms with Gasteiger partial charge in [-0.3, -0.25) is 4.79 Å². The summed E-state index contributed by atoms with van der Waals surface area (Å²) in [5.41, 5.74) is 0.952. The second kappa shape index (κ2) is 10.5. The quantitative estimate of drug-likeness (QED) is 0.522. The van der Waals surface area contributed by atoms with Crippen molar-refractivity contribution in [3.63, 3.8) is 0 Å². The summed E-state index contributed by atoms with van der Waals surface area (Å²) in [7, 11) is 0. The molecule has 4 saturated carbocycles. The minimum Gasteiger partial charge on any atom is -0.467 e. The van der Waals surface area contributed by atoms with Gasteiger partial charge in [0.15, 0.2) is 0 Å². The van der Waals surface area contributed by atoms with Crippen LogP contribution in [0.25, 0.3) is 0 Å². The van der Waals surface area contributed by atoms with E-state index in [0.29, 0.717) is 19.6 Å². The molecular formula is C30H39N3O4. The van der Waals surface area contributed by atoms with Crippen molar-refractivity contribution in [3.8, 4) is 0 Å². The van der Waals surface area contributed by atoms with Crippen molar-refractivity contribution in [3.05, 3.63) is 60.1 Å². The number of nitrogens with zero attached hydrogens (tertiary/aromatic N) is 2. The molecule has 4 aliphatic carbocycles. The summed E-state index contributed by atoms with van der Waals surface area (Å²) in [4.78, 5) is 31.1. The highest BCUT2D eigenvalue weighted by Crippen LogP contribution is 2.55. The molecule has 7 heteroatoms. The molecule has 0 spiro atoms. The second-order valence-corrected chi connectivity index (χ2v) is 12.0. The Bertz CT molecular complexity index is 1030. The number of carbonyl (C=O) groups is 2. The average Bonchev–Trinajstić information content (AvgIpc) is 3.57. The number of hydrogen-bond donors (Lipinski definition) is 1. The fourth-order valence-corrected chi connectivity index (χ4v) is 7.71. The largest absolute Gasteiger partial charge is 0.467 e. The fraction of sp³-hybridized carbons (Fsp3) is 0.600. The maximum absolute atomic E-state index is 13.8. The third-order valence-electron chi connectivity index (χ3n) is 8.97. The van der Waals surface area contributed by atoms with Crippen LogP contribution in [0.1, 0.15) is 62.7 Å². The van der Waals surface area contributed by atoms with Crippen LogP contribution in [0, 0.1) is 17.8 Å². The molecule has 4 bridgehead atoms. The maximum atomic E-state index is 13.8. The van der Waals surface area contributed by atoms with Crippen molar-refractivity contribution in [2.45, 2.75) is 76.1 Å². The first kappa shape index (κ1) is 24.5. The summed E-state index contributed by atoms with van der Waals surface area (Å²) in [6.07, 6.45) is 10.8. The Labute approximate surface area is 219 Å². The van der Waals surface area contributed by atoms with Gasteiger partial charge in [0.2, 0.25) is 5.91 Å². The zero-order valence-electron chi connectivity index (χ0n) is 21.6. The molecule has 37 heavy (non-hydrogen) atoms. The fourth-order valence-electron chi connectivity index (χ4n) is 7.71. The number of rotatable bonds is 9. The third kappa shape index (κ3) is 5.71. The monoisotopic (exact) mass is 505 g/mol. The standard InChI is InChI=1S/C30H39N3O4/c34-28(32(19-26-8-4-10-36-26)18-22-6-2-1-3-7-22)21-33(20-27-9-5-11-37-27)29(35)31-30-15-23-12-24(16-30)14-25(13-23)17-30/h1-4,6-8,10,23-25,27H,5,9,11-21H2,(H,31,35). The maximum Gasteiger partial charge on any atom is 0.318 e. The smallest absolute Gasteiger partial charge is 0.318 e. The van der Waals surface area contributed by atoms with Gasteiger partial charge < -0.3 is 24.3 Å². The molecular weight excluding hydrogens is 466 g/mol. The molecule has 1 unspecified atom stereocenters. The number of ether oxygens (including phenoxy) is 1. The van der Waals surface area contributed by atoms with Gasteiger partial charge in [0.25, 0.3) is 0 Å². The van der Waals surface area contributed by atoms with Gasteiger partial charge in [-0.1, -0.05) is 30.3 Å². The van der Waals surface area contributed by atoms with Crippen molar-refractivity contribution < 1.29 is 18.7 Å². The molecule has 1 aromatic heterocycles. The number of benzene rings is 1. The Kier molecular flexibility index (Phi) is 6.98. The molecule has 5 aliphatic rings. The van der Waals surface area contributed by atoms with Crippen molar-refractivity contribution in [2.75, 3.05) is 19.7 Å². The van der Waals surface area contributed by atoms with Gasteiger partial charge in [-0.25, -0.2) is 4.79 Å². The highest BCUT2D eigenvalue weighted by molar-refractivity contribution is 5.84. The molecule has 1 aromatic carbocycles. The van der Waals surface area contributed by atoms with Gasteiger partial charge in [0.1, 0.15) is 12.3 Å². The van der Waals surface area contributed by atoms with E-state index in [1.807, 2.05) is 42.5 Å². The summed E-state index contributed by atoms with van der Waals surface area (Å²) in [5, 5.41) is 3.48. The Hall–Kier alpha value is -2.80. The van der Waals surface area contributed by atoms with Crippen molar-refractivity contribution in [1.82, 2.24) is 15.1 Å². The van der Waals surface area contributed by atoms with E-state index in [9.17, 15) is 9.59 Å². The van der Waals surface area contributed by atoms with Crippen LogP contribution in [0.3, 0.4) is 0 Å². The minimum atomic E-state index is -0.108. The van der Waals surface area contributed by atoms with Gasteiger partial charge in [0, 0.05) is 25.2 Å². The average molecular weight is 506 g/mol. The number of carbonyl (C=O) groups excluding carboxylic acids is 2. The van der Waals surface area contributed by atoms with E-state index in [0.717, 1.165) is 67.8 Å². The first-order valence-electron chi connectivity index (χ1n) is 14.1. The predicted molar refractivity (Wildman–Crippen MR) is 139 cm³/mol. The molecule has 1 atom stereocenters. The van der Waals surface area contributed by atoms with E-state index >= 15 is 0 Å². The summed E-state index contributed by atoms with van der Waals surface area (Å²) in [5.74, 6) is 2.88. The normalized spacial score (nSPS) is 29.8. The van der Waals surface area contributed by atoms with Crippen molar-refractivity contribution >= 4 is 11.9 Å². The topological polar surface area (TPSA) is 75.0 Å². The van der Waals surface area contributed by atoms with Crippen LogP contribution >= 0.6 is 0 Å². The second-order valence-electron chi connectivity index (χ2n) is 12.0. The van der Waals surface area contributed by atoms with E-state index in [1.165, 1.54) is 19.3 Å². The highest BCUT2D eigenvalue weighted by Gasteiger charge is 2.52. The van der Waals surface area contributed by atoms with Crippen molar-refractivity contribution in [1.29, 1.82) is 0 Å². The zero-order valence-corrected chi connectivity index (χ0v) is 21.6. The number of hydrogen-bond acceptors (Lipinski definition) is 4. The molecule has 7 rings (SSSR count). The lowest BCUT2D eigenvalue weighted by molar-refractivity contribution is -0.133. The first-order chi connectivity index (χ1) is 18.0. The van der Waals surface area contributed by atoms with E-state index in [1.54, 1.807) is 16.1 Å². The summed E-state index contributed by atoms with van der Waals surface area (Å²) in [6.45, 7) is 2.03.